The van der Waals surface area contributed by atoms with E-state index in [2.05, 4.69) is 10.6 Å². The lowest BCUT2D eigenvalue weighted by Crippen LogP contribution is -2.55. The molecule has 1 atom stereocenters. The van der Waals surface area contributed by atoms with Crippen LogP contribution < -0.4 is 10.6 Å². The van der Waals surface area contributed by atoms with Gasteiger partial charge in [0.05, 0.1) is 0 Å². The van der Waals surface area contributed by atoms with E-state index in [0.29, 0.717) is 19.4 Å². The minimum absolute atomic E-state index is 0.0779. The number of amides is 4. The fraction of sp³-hybridized carbons (Fsp3) is 0.786. The second-order valence-corrected chi connectivity index (χ2v) is 5.75. The first kappa shape index (κ1) is 15.8. The summed E-state index contributed by atoms with van der Waals surface area (Å²) in [5.41, 5.74) is -0.841. The van der Waals surface area contributed by atoms with Gasteiger partial charge in [-0.15, -0.1) is 0 Å². The number of imide groups is 1. The van der Waals surface area contributed by atoms with Gasteiger partial charge in [0.2, 0.25) is 5.91 Å². The van der Waals surface area contributed by atoms with Crippen molar-refractivity contribution in [1.29, 1.82) is 0 Å². The number of hydrogen-bond acceptors (Lipinski definition) is 4. The molecule has 118 valence electrons. The molecular weight excluding hydrogens is 272 g/mol. The van der Waals surface area contributed by atoms with Crippen molar-refractivity contribution in [2.45, 2.75) is 45.2 Å². The molecular formula is C14H24N4O3. The maximum Gasteiger partial charge on any atom is 0.325 e. The van der Waals surface area contributed by atoms with Crippen LogP contribution in [0.5, 0.6) is 0 Å². The summed E-state index contributed by atoms with van der Waals surface area (Å²) in [5, 5.41) is 5.95. The Bertz CT molecular complexity index is 448. The predicted molar refractivity (Wildman–Crippen MR) is 77.6 cm³/mol. The van der Waals surface area contributed by atoms with E-state index in [0.717, 1.165) is 18.0 Å². The van der Waals surface area contributed by atoms with Crippen molar-refractivity contribution in [2.75, 3.05) is 26.2 Å². The normalized spacial score (nSPS) is 25.2. The molecule has 7 nitrogen and oxygen atoms in total. The molecule has 0 unspecified atom stereocenters. The van der Waals surface area contributed by atoms with Crippen LogP contribution in [0.2, 0.25) is 0 Å². The molecule has 2 rings (SSSR count). The first-order chi connectivity index (χ1) is 9.95. The molecule has 7 heteroatoms. The fourth-order valence-electron chi connectivity index (χ4n) is 2.99. The number of nitrogens with one attached hydrogen (secondary N) is 2. The number of hydrogen-bond donors (Lipinski definition) is 2. The van der Waals surface area contributed by atoms with Gasteiger partial charge < -0.3 is 15.5 Å². The molecule has 2 aliphatic rings. The summed E-state index contributed by atoms with van der Waals surface area (Å²) in [6, 6.07) is -0.381. The highest BCUT2D eigenvalue weighted by molar-refractivity contribution is 6.09. The second-order valence-electron chi connectivity index (χ2n) is 5.75. The third-order valence-electron chi connectivity index (χ3n) is 4.57. The zero-order chi connectivity index (χ0) is 15.6. The van der Waals surface area contributed by atoms with Gasteiger partial charge >= 0.3 is 6.03 Å². The average molecular weight is 296 g/mol. The van der Waals surface area contributed by atoms with Gasteiger partial charge in [0, 0.05) is 25.7 Å². The Morgan fingerprint density at radius 2 is 2.00 bits per heavy atom. The molecule has 2 heterocycles. The number of rotatable bonds is 4. The summed E-state index contributed by atoms with van der Waals surface area (Å²) in [7, 11) is 0. The highest BCUT2D eigenvalue weighted by Gasteiger charge is 2.49. The standard InChI is InChI=1S/C14H24N4O3/c1-4-14(5-2)12(20)18(13(21)16-14)9-11(19)17-7-6-15-8-10(17)3/h10,15H,4-9H2,1-3H3,(H,16,21)/t10-/m0/s1. The van der Waals surface area contributed by atoms with Gasteiger partial charge in [-0.05, 0) is 19.8 Å². The number of piperazine rings is 1. The minimum atomic E-state index is -0.841. The number of carbonyl (C=O) groups is 3. The Kier molecular flexibility index (Phi) is 4.51. The minimum Gasteiger partial charge on any atom is -0.336 e. The summed E-state index contributed by atoms with van der Waals surface area (Å²) in [6.07, 6.45) is 1.06. The van der Waals surface area contributed by atoms with Crippen molar-refractivity contribution < 1.29 is 14.4 Å². The molecule has 2 aliphatic heterocycles. The Morgan fingerprint density at radius 1 is 1.33 bits per heavy atom. The monoisotopic (exact) mass is 296 g/mol. The van der Waals surface area contributed by atoms with Crippen LogP contribution >= 0.6 is 0 Å². The summed E-state index contributed by atoms with van der Waals surface area (Å²) >= 11 is 0. The summed E-state index contributed by atoms with van der Waals surface area (Å²) < 4.78 is 0. The number of carbonyl (C=O) groups excluding carboxylic acids is 3. The lowest BCUT2D eigenvalue weighted by atomic mass is 9.93. The maximum absolute atomic E-state index is 12.5. The van der Waals surface area contributed by atoms with Crippen LogP contribution in [0.15, 0.2) is 0 Å². The Hall–Kier alpha value is -1.63. The van der Waals surface area contributed by atoms with Gasteiger partial charge in [-0.25, -0.2) is 4.79 Å². The molecule has 0 aliphatic carbocycles. The van der Waals surface area contributed by atoms with Crippen LogP contribution in [-0.4, -0.2) is 65.4 Å². The van der Waals surface area contributed by atoms with E-state index in [9.17, 15) is 14.4 Å². The van der Waals surface area contributed by atoms with Crippen molar-refractivity contribution in [2.24, 2.45) is 0 Å². The second kappa shape index (κ2) is 6.01. The van der Waals surface area contributed by atoms with Gasteiger partial charge in [-0.1, -0.05) is 13.8 Å². The van der Waals surface area contributed by atoms with Crippen molar-refractivity contribution in [3.8, 4) is 0 Å². The lowest BCUT2D eigenvalue weighted by molar-refractivity contribution is -0.140. The van der Waals surface area contributed by atoms with Crippen LogP contribution in [0.3, 0.4) is 0 Å². The summed E-state index contributed by atoms with van der Waals surface area (Å²) in [6.45, 7) is 7.60. The highest BCUT2D eigenvalue weighted by Crippen LogP contribution is 2.24. The van der Waals surface area contributed by atoms with E-state index in [1.165, 1.54) is 0 Å². The molecule has 4 amide bonds. The van der Waals surface area contributed by atoms with E-state index in [4.69, 9.17) is 0 Å². The molecule has 2 N–H and O–H groups in total. The van der Waals surface area contributed by atoms with E-state index in [1.807, 2.05) is 20.8 Å². The largest absolute Gasteiger partial charge is 0.336 e. The molecule has 0 radical (unpaired) electrons. The molecule has 21 heavy (non-hydrogen) atoms. The van der Waals surface area contributed by atoms with Gasteiger partial charge in [-0.2, -0.15) is 0 Å². The molecule has 0 saturated carbocycles. The third-order valence-corrected chi connectivity index (χ3v) is 4.57. The topological polar surface area (TPSA) is 81.8 Å². The van der Waals surface area contributed by atoms with Crippen molar-refractivity contribution in [1.82, 2.24) is 20.4 Å². The highest BCUT2D eigenvalue weighted by atomic mass is 16.2. The van der Waals surface area contributed by atoms with Crippen LogP contribution in [0.25, 0.3) is 0 Å². The van der Waals surface area contributed by atoms with Crippen LogP contribution in [0.1, 0.15) is 33.6 Å². The SMILES string of the molecule is CCC1(CC)NC(=O)N(CC(=O)N2CCNC[C@@H]2C)C1=O. The van der Waals surface area contributed by atoms with E-state index in [-0.39, 0.29) is 24.4 Å². The van der Waals surface area contributed by atoms with Crippen molar-refractivity contribution in [3.63, 3.8) is 0 Å². The van der Waals surface area contributed by atoms with Crippen molar-refractivity contribution >= 4 is 17.8 Å². The van der Waals surface area contributed by atoms with Gasteiger partial charge in [0.15, 0.2) is 0 Å². The molecule has 0 aromatic carbocycles. The number of nitrogens with zero attached hydrogens (tertiary/aromatic N) is 2. The molecule has 0 aromatic rings. The molecule has 2 fully saturated rings. The fourth-order valence-corrected chi connectivity index (χ4v) is 2.99. The molecule has 0 spiro atoms. The van der Waals surface area contributed by atoms with Gasteiger partial charge in [-0.3, -0.25) is 14.5 Å². The predicted octanol–water partition coefficient (Wildman–Crippen LogP) is -0.0827. The van der Waals surface area contributed by atoms with Crippen LogP contribution in [-0.2, 0) is 9.59 Å². The summed E-state index contributed by atoms with van der Waals surface area (Å²) in [4.78, 5) is 39.6. The lowest BCUT2D eigenvalue weighted by Gasteiger charge is -2.34. The van der Waals surface area contributed by atoms with Crippen LogP contribution in [0.4, 0.5) is 4.79 Å². The number of urea groups is 1. The van der Waals surface area contributed by atoms with Crippen molar-refractivity contribution in [3.05, 3.63) is 0 Å². The Morgan fingerprint density at radius 3 is 2.52 bits per heavy atom. The molecule has 0 aromatic heterocycles. The van der Waals surface area contributed by atoms with Gasteiger partial charge in [0.25, 0.3) is 5.91 Å². The third kappa shape index (κ3) is 2.74. The maximum atomic E-state index is 12.5. The Labute approximate surface area is 125 Å². The average Bonchev–Trinajstić information content (AvgIpc) is 2.72. The smallest absolute Gasteiger partial charge is 0.325 e. The molecule has 0 bridgehead atoms. The first-order valence-electron chi connectivity index (χ1n) is 7.59. The quantitative estimate of drug-likeness (QED) is 0.711. The molecule has 2 saturated heterocycles. The Balaban J connectivity index is 2.07. The zero-order valence-corrected chi connectivity index (χ0v) is 12.9. The summed E-state index contributed by atoms with van der Waals surface area (Å²) in [5.74, 6) is -0.454. The first-order valence-corrected chi connectivity index (χ1v) is 7.59. The van der Waals surface area contributed by atoms with E-state index in [1.54, 1.807) is 4.90 Å². The van der Waals surface area contributed by atoms with Crippen LogP contribution in [0, 0.1) is 0 Å². The van der Waals surface area contributed by atoms with E-state index < -0.39 is 11.6 Å². The van der Waals surface area contributed by atoms with Gasteiger partial charge in [0.1, 0.15) is 12.1 Å². The zero-order valence-electron chi connectivity index (χ0n) is 12.9. The van der Waals surface area contributed by atoms with E-state index >= 15 is 0 Å².